The molecule has 0 heterocycles. The summed E-state index contributed by atoms with van der Waals surface area (Å²) in [4.78, 5) is 13.6. The third-order valence-corrected chi connectivity index (χ3v) is 4.23. The molecule has 1 aliphatic rings. The Hall–Kier alpha value is -1.28. The molecule has 1 saturated carbocycles. The van der Waals surface area contributed by atoms with Crippen LogP contribution in [0.3, 0.4) is 0 Å². The van der Waals surface area contributed by atoms with Crippen molar-refractivity contribution in [2.24, 2.45) is 0 Å². The molecule has 6 heteroatoms. The summed E-state index contributed by atoms with van der Waals surface area (Å²) in [6, 6.07) is 6.67. The molecule has 1 aromatic rings. The molecule has 2 rings (SSSR count). The lowest BCUT2D eigenvalue weighted by Gasteiger charge is -2.43. The number of likely N-dealkylation sites (N-methyl/N-ethyl adjacent to an activating group) is 1. The summed E-state index contributed by atoms with van der Waals surface area (Å²) in [6.07, 6.45) is 0.801. The van der Waals surface area contributed by atoms with Crippen LogP contribution in [0.4, 0.5) is 0 Å². The van der Waals surface area contributed by atoms with E-state index in [1.54, 1.807) is 7.05 Å². The number of aliphatic hydroxyl groups excluding tert-OH is 1. The summed E-state index contributed by atoms with van der Waals surface area (Å²) in [5.74, 6) is -0.524. The Labute approximate surface area is 127 Å². The first kappa shape index (κ1) is 15.1. The van der Waals surface area contributed by atoms with E-state index in [-0.39, 0.29) is 0 Å². The zero-order chi connectivity index (χ0) is 14.9. The first-order valence-electron chi connectivity index (χ1n) is 6.22. The molecule has 4 nitrogen and oxygen atoms in total. The van der Waals surface area contributed by atoms with Crippen LogP contribution >= 0.6 is 23.2 Å². The van der Waals surface area contributed by atoms with Crippen molar-refractivity contribution >= 4 is 29.1 Å². The molecule has 20 heavy (non-hydrogen) atoms. The van der Waals surface area contributed by atoms with Crippen LogP contribution in [0.15, 0.2) is 18.2 Å². The van der Waals surface area contributed by atoms with Crippen LogP contribution in [-0.2, 0) is 4.79 Å². The van der Waals surface area contributed by atoms with Gasteiger partial charge < -0.3 is 10.0 Å². The minimum absolute atomic E-state index is 0.326. The van der Waals surface area contributed by atoms with Gasteiger partial charge in [-0.3, -0.25) is 4.79 Å². The number of aliphatic hydroxyl groups is 1. The molecule has 0 aromatic heterocycles. The highest BCUT2D eigenvalue weighted by Gasteiger charge is 2.44. The number of benzene rings is 1. The van der Waals surface area contributed by atoms with E-state index >= 15 is 0 Å². The van der Waals surface area contributed by atoms with Gasteiger partial charge in [-0.25, -0.2) is 0 Å². The van der Waals surface area contributed by atoms with E-state index < -0.39 is 17.6 Å². The SMILES string of the molecule is CN(C(=O)C(O)c1cc(Cl)cc(Cl)c1)C1(C#N)CCC1. The third kappa shape index (κ3) is 2.62. The van der Waals surface area contributed by atoms with Gasteiger partial charge in [-0.2, -0.15) is 5.26 Å². The van der Waals surface area contributed by atoms with Crippen molar-refractivity contribution in [2.75, 3.05) is 7.05 Å². The van der Waals surface area contributed by atoms with Crippen molar-refractivity contribution < 1.29 is 9.90 Å². The maximum Gasteiger partial charge on any atom is 0.257 e. The van der Waals surface area contributed by atoms with Crippen molar-refractivity contribution in [3.63, 3.8) is 0 Å². The van der Waals surface area contributed by atoms with Gasteiger partial charge in [0.25, 0.3) is 5.91 Å². The Kier molecular flexibility index (Phi) is 4.24. The Balaban J connectivity index is 2.22. The van der Waals surface area contributed by atoms with Gasteiger partial charge in [0.15, 0.2) is 6.10 Å². The predicted molar refractivity (Wildman–Crippen MR) is 76.4 cm³/mol. The fourth-order valence-electron chi connectivity index (χ4n) is 2.30. The number of halogens is 2. The summed E-state index contributed by atoms with van der Waals surface area (Å²) in [5.41, 5.74) is -0.466. The monoisotopic (exact) mass is 312 g/mol. The number of carbonyl (C=O) groups is 1. The summed E-state index contributed by atoms with van der Waals surface area (Å²) in [5, 5.41) is 20.1. The van der Waals surface area contributed by atoms with Crippen LogP contribution in [0, 0.1) is 11.3 Å². The Morgan fingerprint density at radius 1 is 1.40 bits per heavy atom. The molecule has 1 aromatic carbocycles. The smallest absolute Gasteiger partial charge is 0.257 e. The van der Waals surface area contributed by atoms with E-state index in [2.05, 4.69) is 6.07 Å². The summed E-state index contributed by atoms with van der Waals surface area (Å²) >= 11 is 11.7. The number of nitrogens with zero attached hydrogens (tertiary/aromatic N) is 2. The highest BCUT2D eigenvalue weighted by atomic mass is 35.5. The summed E-state index contributed by atoms with van der Waals surface area (Å²) in [6.45, 7) is 0. The molecule has 0 aliphatic heterocycles. The number of rotatable bonds is 3. The molecule has 0 spiro atoms. The fourth-order valence-corrected chi connectivity index (χ4v) is 2.85. The minimum atomic E-state index is -1.37. The predicted octanol–water partition coefficient (Wildman–Crippen LogP) is 2.93. The van der Waals surface area contributed by atoms with Crippen LogP contribution in [0.25, 0.3) is 0 Å². The Morgan fingerprint density at radius 3 is 2.35 bits per heavy atom. The molecule has 1 amide bonds. The topological polar surface area (TPSA) is 64.3 Å². The zero-order valence-electron chi connectivity index (χ0n) is 10.9. The third-order valence-electron chi connectivity index (χ3n) is 3.80. The van der Waals surface area contributed by atoms with Gasteiger partial charge in [-0.05, 0) is 43.0 Å². The first-order valence-corrected chi connectivity index (χ1v) is 6.98. The first-order chi connectivity index (χ1) is 9.39. The van der Waals surface area contributed by atoms with E-state index in [4.69, 9.17) is 23.2 Å². The van der Waals surface area contributed by atoms with Crippen LogP contribution in [0.1, 0.15) is 30.9 Å². The number of amides is 1. The Morgan fingerprint density at radius 2 is 1.95 bits per heavy atom. The van der Waals surface area contributed by atoms with E-state index in [9.17, 15) is 15.2 Å². The van der Waals surface area contributed by atoms with Crippen LogP contribution in [-0.4, -0.2) is 28.5 Å². The number of hydrogen-bond acceptors (Lipinski definition) is 3. The fraction of sp³-hybridized carbons (Fsp3) is 0.429. The number of carbonyl (C=O) groups excluding carboxylic acids is 1. The van der Waals surface area contributed by atoms with Crippen LogP contribution in [0.2, 0.25) is 10.0 Å². The second-order valence-electron chi connectivity index (χ2n) is 5.00. The molecule has 1 fully saturated rings. The van der Waals surface area contributed by atoms with Gasteiger partial charge >= 0.3 is 0 Å². The lowest BCUT2D eigenvalue weighted by atomic mass is 9.76. The lowest BCUT2D eigenvalue weighted by molar-refractivity contribution is -0.145. The van der Waals surface area contributed by atoms with Gasteiger partial charge in [-0.1, -0.05) is 23.2 Å². The van der Waals surface area contributed by atoms with Gasteiger partial charge in [0, 0.05) is 17.1 Å². The van der Waals surface area contributed by atoms with Crippen LogP contribution in [0.5, 0.6) is 0 Å². The molecule has 1 unspecified atom stereocenters. The highest BCUT2D eigenvalue weighted by molar-refractivity contribution is 6.34. The number of hydrogen-bond donors (Lipinski definition) is 1. The molecule has 0 radical (unpaired) electrons. The second-order valence-corrected chi connectivity index (χ2v) is 5.87. The molecule has 0 saturated heterocycles. The standard InChI is InChI=1S/C14H14Cl2N2O2/c1-18(14(8-17)3-2-4-14)13(20)12(19)9-5-10(15)7-11(16)6-9/h5-7,12,19H,2-4H2,1H3. The van der Waals surface area contributed by atoms with Crippen LogP contribution < -0.4 is 0 Å². The van der Waals surface area contributed by atoms with Gasteiger partial charge in [0.1, 0.15) is 5.54 Å². The van der Waals surface area contributed by atoms with E-state index in [0.717, 1.165) is 6.42 Å². The van der Waals surface area contributed by atoms with E-state index in [1.807, 2.05) is 0 Å². The average molecular weight is 313 g/mol. The van der Waals surface area contributed by atoms with Crippen molar-refractivity contribution in [3.05, 3.63) is 33.8 Å². The average Bonchev–Trinajstić information content (AvgIpc) is 2.35. The minimum Gasteiger partial charge on any atom is -0.378 e. The van der Waals surface area contributed by atoms with Gasteiger partial charge in [0.2, 0.25) is 0 Å². The van der Waals surface area contributed by atoms with Crippen molar-refractivity contribution in [1.82, 2.24) is 4.90 Å². The zero-order valence-corrected chi connectivity index (χ0v) is 12.4. The quantitative estimate of drug-likeness (QED) is 0.933. The molecular formula is C14H14Cl2N2O2. The Bertz CT molecular complexity index is 559. The molecule has 1 aliphatic carbocycles. The molecule has 1 atom stereocenters. The van der Waals surface area contributed by atoms with Gasteiger partial charge in [0.05, 0.1) is 6.07 Å². The normalized spacial score (nSPS) is 17.8. The largest absolute Gasteiger partial charge is 0.378 e. The number of nitriles is 1. The maximum atomic E-state index is 12.3. The summed E-state index contributed by atoms with van der Waals surface area (Å²) in [7, 11) is 1.54. The summed E-state index contributed by atoms with van der Waals surface area (Å²) < 4.78 is 0. The molecule has 1 N–H and O–H groups in total. The van der Waals surface area contributed by atoms with Crippen molar-refractivity contribution in [2.45, 2.75) is 30.9 Å². The highest BCUT2D eigenvalue weighted by Crippen LogP contribution is 2.37. The molecular weight excluding hydrogens is 299 g/mol. The van der Waals surface area contributed by atoms with E-state index in [1.165, 1.54) is 23.1 Å². The van der Waals surface area contributed by atoms with E-state index in [0.29, 0.717) is 28.5 Å². The maximum absolute atomic E-state index is 12.3. The van der Waals surface area contributed by atoms with Crippen molar-refractivity contribution in [1.29, 1.82) is 5.26 Å². The molecule has 0 bridgehead atoms. The lowest BCUT2D eigenvalue weighted by Crippen LogP contribution is -2.54. The second kappa shape index (κ2) is 5.61. The van der Waals surface area contributed by atoms with Gasteiger partial charge in [-0.15, -0.1) is 0 Å². The molecule has 106 valence electrons. The van der Waals surface area contributed by atoms with Crippen molar-refractivity contribution in [3.8, 4) is 6.07 Å².